The van der Waals surface area contributed by atoms with Gasteiger partial charge in [-0.2, -0.15) is 0 Å². The van der Waals surface area contributed by atoms with Gasteiger partial charge in [-0.15, -0.1) is 0 Å². The van der Waals surface area contributed by atoms with Crippen molar-refractivity contribution in [3.63, 3.8) is 0 Å². The molecule has 2 atom stereocenters. The highest BCUT2D eigenvalue weighted by Crippen LogP contribution is 2.25. The van der Waals surface area contributed by atoms with Crippen LogP contribution in [0.3, 0.4) is 0 Å². The van der Waals surface area contributed by atoms with Crippen LogP contribution in [0.4, 0.5) is 5.69 Å². The normalized spacial score (nSPS) is 13.9. The summed E-state index contributed by atoms with van der Waals surface area (Å²) in [6.07, 6.45) is 1.10. The SMILES string of the molecule is CC[C@@H](C)c1ccc([C@H](NCC(=O)Nc2ccc(S(N)(=O)=O)cc2)C(C)C)cc1. The van der Waals surface area contributed by atoms with Crippen molar-refractivity contribution >= 4 is 21.6 Å². The van der Waals surface area contributed by atoms with Crippen LogP contribution in [-0.2, 0) is 14.8 Å². The smallest absolute Gasteiger partial charge is 0.238 e. The van der Waals surface area contributed by atoms with Crippen LogP contribution in [0.2, 0.25) is 0 Å². The zero-order chi connectivity index (χ0) is 21.6. The molecule has 29 heavy (non-hydrogen) atoms. The predicted molar refractivity (Wildman–Crippen MR) is 117 cm³/mol. The molecular weight excluding hydrogens is 386 g/mol. The van der Waals surface area contributed by atoms with Crippen LogP contribution in [0, 0.1) is 5.92 Å². The van der Waals surface area contributed by atoms with Gasteiger partial charge in [0.05, 0.1) is 11.4 Å². The number of hydrogen-bond donors (Lipinski definition) is 3. The van der Waals surface area contributed by atoms with Gasteiger partial charge in [0.25, 0.3) is 0 Å². The average Bonchev–Trinajstić information content (AvgIpc) is 2.67. The summed E-state index contributed by atoms with van der Waals surface area (Å²) in [5.74, 6) is 0.641. The molecule has 6 nitrogen and oxygen atoms in total. The van der Waals surface area contributed by atoms with Gasteiger partial charge in [0.2, 0.25) is 15.9 Å². The second-order valence-corrected chi connectivity index (χ2v) is 9.26. The first kappa shape index (κ1) is 23.1. The Morgan fingerprint density at radius 3 is 2.00 bits per heavy atom. The lowest BCUT2D eigenvalue weighted by atomic mass is 9.92. The van der Waals surface area contributed by atoms with E-state index in [-0.39, 0.29) is 23.4 Å². The molecule has 0 bridgehead atoms. The van der Waals surface area contributed by atoms with Crippen LogP contribution >= 0.6 is 0 Å². The van der Waals surface area contributed by atoms with E-state index in [9.17, 15) is 13.2 Å². The number of nitrogens with two attached hydrogens (primary N) is 1. The molecule has 2 aromatic rings. The molecule has 0 aliphatic carbocycles. The van der Waals surface area contributed by atoms with Crippen molar-refractivity contribution in [2.24, 2.45) is 11.1 Å². The maximum absolute atomic E-state index is 12.3. The number of nitrogens with one attached hydrogen (secondary N) is 2. The minimum absolute atomic E-state index is 0.00864. The molecule has 2 rings (SSSR count). The van der Waals surface area contributed by atoms with Crippen LogP contribution in [0.1, 0.15) is 57.2 Å². The first-order valence-electron chi connectivity index (χ1n) is 9.87. The second kappa shape index (κ2) is 10.0. The van der Waals surface area contributed by atoms with E-state index < -0.39 is 10.0 Å². The largest absolute Gasteiger partial charge is 0.325 e. The van der Waals surface area contributed by atoms with Gasteiger partial charge in [-0.05, 0) is 53.6 Å². The summed E-state index contributed by atoms with van der Waals surface area (Å²) in [5, 5.41) is 11.2. The Labute approximate surface area is 173 Å². The summed E-state index contributed by atoms with van der Waals surface area (Å²) in [4.78, 5) is 12.3. The molecule has 0 aliphatic heterocycles. The highest BCUT2D eigenvalue weighted by molar-refractivity contribution is 7.89. The van der Waals surface area contributed by atoms with Crippen LogP contribution < -0.4 is 15.8 Å². The zero-order valence-electron chi connectivity index (χ0n) is 17.5. The summed E-state index contributed by atoms with van der Waals surface area (Å²) in [6.45, 7) is 8.77. The third-order valence-electron chi connectivity index (χ3n) is 5.09. The van der Waals surface area contributed by atoms with E-state index in [0.29, 0.717) is 17.5 Å². The van der Waals surface area contributed by atoms with Gasteiger partial charge in [-0.25, -0.2) is 13.6 Å². The fourth-order valence-electron chi connectivity index (χ4n) is 3.14. The van der Waals surface area contributed by atoms with Gasteiger partial charge in [0.15, 0.2) is 0 Å². The minimum Gasteiger partial charge on any atom is -0.325 e. The average molecular weight is 418 g/mol. The van der Waals surface area contributed by atoms with E-state index in [1.807, 2.05) is 0 Å². The number of hydrogen-bond acceptors (Lipinski definition) is 4. The zero-order valence-corrected chi connectivity index (χ0v) is 18.3. The van der Waals surface area contributed by atoms with Gasteiger partial charge < -0.3 is 10.6 Å². The first-order chi connectivity index (χ1) is 13.6. The lowest BCUT2D eigenvalue weighted by Gasteiger charge is -2.23. The Bertz CT molecular complexity index is 907. The number of anilines is 1. The number of sulfonamides is 1. The lowest BCUT2D eigenvalue weighted by Crippen LogP contribution is -2.33. The summed E-state index contributed by atoms with van der Waals surface area (Å²) in [5.41, 5.74) is 2.99. The molecule has 0 saturated heterocycles. The number of carbonyl (C=O) groups is 1. The highest BCUT2D eigenvalue weighted by atomic mass is 32.2. The molecule has 7 heteroatoms. The van der Waals surface area contributed by atoms with Crippen molar-refractivity contribution in [1.82, 2.24) is 5.32 Å². The molecule has 0 heterocycles. The number of rotatable bonds is 9. The standard InChI is InChI=1S/C22H31N3O3S/c1-5-16(4)17-6-8-18(9-7-17)22(15(2)3)24-14-21(26)25-19-10-12-20(13-11-19)29(23,27)28/h6-13,15-16,22,24H,5,14H2,1-4H3,(H,25,26)(H2,23,27,28)/t16-,22-/m1/s1. The molecule has 0 aromatic heterocycles. The highest BCUT2D eigenvalue weighted by Gasteiger charge is 2.17. The molecular formula is C22H31N3O3S. The van der Waals surface area contributed by atoms with Crippen molar-refractivity contribution in [2.75, 3.05) is 11.9 Å². The van der Waals surface area contributed by atoms with E-state index >= 15 is 0 Å². The maximum atomic E-state index is 12.3. The Morgan fingerprint density at radius 1 is 0.966 bits per heavy atom. The van der Waals surface area contributed by atoms with Gasteiger partial charge in [0, 0.05) is 11.7 Å². The first-order valence-corrected chi connectivity index (χ1v) is 11.4. The van der Waals surface area contributed by atoms with E-state index in [0.717, 1.165) is 12.0 Å². The number of benzene rings is 2. The second-order valence-electron chi connectivity index (χ2n) is 7.70. The summed E-state index contributed by atoms with van der Waals surface area (Å²) in [7, 11) is -3.75. The van der Waals surface area contributed by atoms with E-state index in [4.69, 9.17) is 5.14 Å². The molecule has 0 aliphatic rings. The van der Waals surface area contributed by atoms with Crippen LogP contribution in [0.15, 0.2) is 53.4 Å². The fraction of sp³-hybridized carbons (Fsp3) is 0.409. The summed E-state index contributed by atoms with van der Waals surface area (Å²) < 4.78 is 22.6. The van der Waals surface area contributed by atoms with Gasteiger partial charge >= 0.3 is 0 Å². The molecule has 4 N–H and O–H groups in total. The van der Waals surface area contributed by atoms with E-state index in [1.54, 1.807) is 0 Å². The minimum atomic E-state index is -3.75. The molecule has 0 unspecified atom stereocenters. The molecule has 2 aromatic carbocycles. The predicted octanol–water partition coefficient (Wildman–Crippen LogP) is 3.77. The van der Waals surface area contributed by atoms with Crippen molar-refractivity contribution in [2.45, 2.75) is 51.0 Å². The molecule has 0 spiro atoms. The van der Waals surface area contributed by atoms with Gasteiger partial charge in [-0.1, -0.05) is 52.0 Å². The third-order valence-corrected chi connectivity index (χ3v) is 6.02. The van der Waals surface area contributed by atoms with Crippen LogP contribution in [-0.4, -0.2) is 20.9 Å². The van der Waals surface area contributed by atoms with E-state index in [1.165, 1.54) is 29.8 Å². The number of carbonyl (C=O) groups excluding carboxylic acids is 1. The molecule has 0 saturated carbocycles. The van der Waals surface area contributed by atoms with E-state index in [2.05, 4.69) is 62.6 Å². The number of primary sulfonamides is 1. The van der Waals surface area contributed by atoms with Crippen molar-refractivity contribution < 1.29 is 13.2 Å². The third kappa shape index (κ3) is 6.66. The lowest BCUT2D eigenvalue weighted by molar-refractivity contribution is -0.115. The van der Waals surface area contributed by atoms with Crippen LogP contribution in [0.5, 0.6) is 0 Å². The van der Waals surface area contributed by atoms with Crippen LogP contribution in [0.25, 0.3) is 0 Å². The Kier molecular flexibility index (Phi) is 7.96. The fourth-order valence-corrected chi connectivity index (χ4v) is 3.66. The van der Waals surface area contributed by atoms with Gasteiger partial charge in [-0.3, -0.25) is 4.79 Å². The topological polar surface area (TPSA) is 101 Å². The summed E-state index contributed by atoms with van der Waals surface area (Å²) >= 11 is 0. The number of amides is 1. The van der Waals surface area contributed by atoms with Crippen molar-refractivity contribution in [3.8, 4) is 0 Å². The monoisotopic (exact) mass is 417 g/mol. The molecule has 0 radical (unpaired) electrons. The molecule has 1 amide bonds. The Balaban J connectivity index is 1.98. The molecule has 0 fully saturated rings. The summed E-state index contributed by atoms with van der Waals surface area (Å²) in [6, 6.07) is 14.4. The quantitative estimate of drug-likeness (QED) is 0.578. The van der Waals surface area contributed by atoms with Crippen molar-refractivity contribution in [3.05, 3.63) is 59.7 Å². The Hall–Kier alpha value is -2.22. The maximum Gasteiger partial charge on any atom is 0.238 e. The van der Waals surface area contributed by atoms with Gasteiger partial charge in [0.1, 0.15) is 0 Å². The Morgan fingerprint density at radius 2 is 1.52 bits per heavy atom. The van der Waals surface area contributed by atoms with Crippen molar-refractivity contribution in [1.29, 1.82) is 0 Å². The molecule has 158 valence electrons.